The first kappa shape index (κ1) is 13.4. The maximum Gasteiger partial charge on any atom is 0.231 e. The molecule has 7 nitrogen and oxygen atoms in total. The molecule has 0 bridgehead atoms. The fourth-order valence-electron chi connectivity index (χ4n) is 1.21. The fourth-order valence-corrected chi connectivity index (χ4v) is 1.21. The zero-order chi connectivity index (χ0) is 12.8. The highest BCUT2D eigenvalue weighted by atomic mass is 16.3. The molecule has 0 aliphatic rings. The molecule has 0 saturated carbocycles. The summed E-state index contributed by atoms with van der Waals surface area (Å²) in [6, 6.07) is 0. The first-order valence-electron chi connectivity index (χ1n) is 5.57. The van der Waals surface area contributed by atoms with Crippen molar-refractivity contribution in [3.63, 3.8) is 0 Å². The van der Waals surface area contributed by atoms with Crippen molar-refractivity contribution in [2.24, 2.45) is 0 Å². The Labute approximate surface area is 102 Å². The van der Waals surface area contributed by atoms with Crippen LogP contribution < -0.4 is 15.1 Å². The summed E-state index contributed by atoms with van der Waals surface area (Å²) < 4.78 is 0. The second kappa shape index (κ2) is 6.19. The largest absolute Gasteiger partial charge is 0.395 e. The summed E-state index contributed by atoms with van der Waals surface area (Å²) in [5.74, 6) is 1.69. The predicted octanol–water partition coefficient (Wildman–Crippen LogP) is -0.202. The molecule has 0 atom stereocenters. The van der Waals surface area contributed by atoms with Gasteiger partial charge in [-0.05, 0) is 6.92 Å². The quantitative estimate of drug-likeness (QED) is 0.713. The second-order valence-electron chi connectivity index (χ2n) is 3.83. The minimum absolute atomic E-state index is 0.0655. The highest BCUT2D eigenvalue weighted by molar-refractivity contribution is 5.43. The zero-order valence-electron chi connectivity index (χ0n) is 10.8. The normalized spacial score (nSPS) is 10.2. The molecule has 7 heteroatoms. The van der Waals surface area contributed by atoms with E-state index < -0.39 is 0 Å². The Morgan fingerprint density at radius 1 is 1.12 bits per heavy atom. The first-order valence-corrected chi connectivity index (χ1v) is 5.57. The summed E-state index contributed by atoms with van der Waals surface area (Å²) >= 11 is 0. The van der Waals surface area contributed by atoms with Gasteiger partial charge in [0.1, 0.15) is 0 Å². The van der Waals surface area contributed by atoms with Gasteiger partial charge in [-0.2, -0.15) is 15.0 Å². The molecule has 0 aliphatic carbocycles. The number of anilines is 3. The Morgan fingerprint density at radius 3 is 2.29 bits per heavy atom. The Hall–Kier alpha value is -1.63. The number of aromatic nitrogens is 3. The molecule has 0 fully saturated rings. The van der Waals surface area contributed by atoms with Gasteiger partial charge in [0.2, 0.25) is 17.8 Å². The van der Waals surface area contributed by atoms with Crippen LogP contribution in [0, 0.1) is 0 Å². The van der Waals surface area contributed by atoms with Crippen molar-refractivity contribution in [3.8, 4) is 0 Å². The summed E-state index contributed by atoms with van der Waals surface area (Å²) in [5.41, 5.74) is 0. The number of likely N-dealkylation sites (N-methyl/N-ethyl adjacent to an activating group) is 1. The molecule has 0 aliphatic heterocycles. The third-order valence-corrected chi connectivity index (χ3v) is 2.12. The molecule has 96 valence electrons. The molecule has 0 amide bonds. The zero-order valence-corrected chi connectivity index (χ0v) is 10.8. The van der Waals surface area contributed by atoms with Crippen LogP contribution in [0.3, 0.4) is 0 Å². The Morgan fingerprint density at radius 2 is 1.76 bits per heavy atom. The van der Waals surface area contributed by atoms with Crippen LogP contribution in [0.4, 0.5) is 17.8 Å². The van der Waals surface area contributed by atoms with Gasteiger partial charge < -0.3 is 20.2 Å². The van der Waals surface area contributed by atoms with Crippen LogP contribution in [0.5, 0.6) is 0 Å². The van der Waals surface area contributed by atoms with Crippen LogP contribution >= 0.6 is 0 Å². The highest BCUT2D eigenvalue weighted by Gasteiger charge is 2.10. The van der Waals surface area contributed by atoms with E-state index >= 15 is 0 Å². The molecule has 2 N–H and O–H groups in total. The molecule has 0 saturated heterocycles. The van der Waals surface area contributed by atoms with Crippen LogP contribution in [0.25, 0.3) is 0 Å². The van der Waals surface area contributed by atoms with E-state index in [4.69, 9.17) is 5.11 Å². The monoisotopic (exact) mass is 240 g/mol. The average Bonchev–Trinajstić information content (AvgIpc) is 2.29. The van der Waals surface area contributed by atoms with Crippen molar-refractivity contribution >= 4 is 17.8 Å². The van der Waals surface area contributed by atoms with E-state index in [-0.39, 0.29) is 6.61 Å². The maximum absolute atomic E-state index is 8.91. The van der Waals surface area contributed by atoms with Gasteiger partial charge in [-0.3, -0.25) is 0 Å². The van der Waals surface area contributed by atoms with Gasteiger partial charge in [0.05, 0.1) is 6.61 Å². The van der Waals surface area contributed by atoms with Gasteiger partial charge in [-0.25, -0.2) is 0 Å². The molecule has 1 aromatic rings. The lowest BCUT2D eigenvalue weighted by atomic mass is 10.6. The lowest BCUT2D eigenvalue weighted by Crippen LogP contribution is -2.25. The van der Waals surface area contributed by atoms with E-state index in [2.05, 4.69) is 20.3 Å². The van der Waals surface area contributed by atoms with Gasteiger partial charge in [0, 0.05) is 34.2 Å². The molecular weight excluding hydrogens is 220 g/mol. The Kier molecular flexibility index (Phi) is 4.89. The first-order chi connectivity index (χ1) is 8.08. The third kappa shape index (κ3) is 3.70. The van der Waals surface area contributed by atoms with E-state index in [1.807, 2.05) is 33.0 Å². The van der Waals surface area contributed by atoms with Crippen molar-refractivity contribution < 1.29 is 5.11 Å². The van der Waals surface area contributed by atoms with Gasteiger partial charge in [0.15, 0.2) is 0 Å². The van der Waals surface area contributed by atoms with E-state index in [1.54, 1.807) is 4.90 Å². The minimum Gasteiger partial charge on any atom is -0.395 e. The SMILES string of the molecule is CCNc1nc(N(C)C)nc(N(C)CCO)n1. The Bertz CT molecular complexity index is 357. The summed E-state index contributed by atoms with van der Waals surface area (Å²) in [4.78, 5) is 16.5. The number of aliphatic hydroxyl groups is 1. The van der Waals surface area contributed by atoms with E-state index in [1.165, 1.54) is 0 Å². The molecule has 0 aromatic carbocycles. The van der Waals surface area contributed by atoms with Crippen LogP contribution in [0.2, 0.25) is 0 Å². The molecule has 1 heterocycles. The maximum atomic E-state index is 8.91. The van der Waals surface area contributed by atoms with E-state index in [9.17, 15) is 0 Å². The van der Waals surface area contributed by atoms with Crippen molar-refractivity contribution in [3.05, 3.63) is 0 Å². The van der Waals surface area contributed by atoms with Crippen molar-refractivity contribution in [1.29, 1.82) is 0 Å². The number of rotatable bonds is 6. The summed E-state index contributed by atoms with van der Waals surface area (Å²) in [7, 11) is 5.59. The minimum atomic E-state index is 0.0655. The average molecular weight is 240 g/mol. The molecule has 0 spiro atoms. The number of nitrogens with one attached hydrogen (secondary N) is 1. The predicted molar refractivity (Wildman–Crippen MR) is 68.7 cm³/mol. The number of hydrogen-bond donors (Lipinski definition) is 2. The van der Waals surface area contributed by atoms with Gasteiger partial charge in [0.25, 0.3) is 0 Å². The molecule has 0 unspecified atom stereocenters. The van der Waals surface area contributed by atoms with Crippen molar-refractivity contribution in [1.82, 2.24) is 15.0 Å². The standard InChI is InChI=1S/C10H20N6O/c1-5-11-8-12-9(15(2)3)14-10(13-8)16(4)6-7-17/h17H,5-7H2,1-4H3,(H,11,12,13,14). The lowest BCUT2D eigenvalue weighted by Gasteiger charge is -2.19. The van der Waals surface area contributed by atoms with E-state index in [0.717, 1.165) is 6.54 Å². The summed E-state index contributed by atoms with van der Waals surface area (Å²) in [5, 5.41) is 12.0. The lowest BCUT2D eigenvalue weighted by molar-refractivity contribution is 0.303. The van der Waals surface area contributed by atoms with Crippen molar-refractivity contribution in [2.45, 2.75) is 6.92 Å². The van der Waals surface area contributed by atoms with Gasteiger partial charge >= 0.3 is 0 Å². The molecule has 1 aromatic heterocycles. The Balaban J connectivity index is 3.02. The highest BCUT2D eigenvalue weighted by Crippen LogP contribution is 2.13. The van der Waals surface area contributed by atoms with Crippen LogP contribution in [0.1, 0.15) is 6.92 Å². The van der Waals surface area contributed by atoms with Crippen LogP contribution in [-0.4, -0.2) is 60.9 Å². The van der Waals surface area contributed by atoms with Crippen LogP contribution in [0.15, 0.2) is 0 Å². The second-order valence-corrected chi connectivity index (χ2v) is 3.83. The molecular formula is C10H20N6O. The smallest absolute Gasteiger partial charge is 0.231 e. The number of aliphatic hydroxyl groups excluding tert-OH is 1. The van der Waals surface area contributed by atoms with E-state index in [0.29, 0.717) is 24.4 Å². The van der Waals surface area contributed by atoms with Crippen LogP contribution in [-0.2, 0) is 0 Å². The molecule has 17 heavy (non-hydrogen) atoms. The molecule has 1 rings (SSSR count). The van der Waals surface area contributed by atoms with Gasteiger partial charge in [-0.15, -0.1) is 0 Å². The molecule has 0 radical (unpaired) electrons. The third-order valence-electron chi connectivity index (χ3n) is 2.12. The number of hydrogen-bond acceptors (Lipinski definition) is 7. The summed E-state index contributed by atoms with van der Waals surface area (Å²) in [6.07, 6.45) is 0. The van der Waals surface area contributed by atoms with Gasteiger partial charge in [-0.1, -0.05) is 0 Å². The van der Waals surface area contributed by atoms with Crippen molar-refractivity contribution in [2.75, 3.05) is 56.0 Å². The topological polar surface area (TPSA) is 77.4 Å². The fraction of sp³-hybridized carbons (Fsp3) is 0.700. The summed E-state index contributed by atoms with van der Waals surface area (Å²) in [6.45, 7) is 3.29. The number of nitrogens with zero attached hydrogens (tertiary/aromatic N) is 5.